The van der Waals surface area contributed by atoms with Crippen LogP contribution in [0.3, 0.4) is 0 Å². The van der Waals surface area contributed by atoms with Gasteiger partial charge in [-0.25, -0.2) is 4.98 Å². The van der Waals surface area contributed by atoms with Crippen LogP contribution in [0.2, 0.25) is 0 Å². The van der Waals surface area contributed by atoms with Crippen LogP contribution in [0.25, 0.3) is 11.0 Å². The Morgan fingerprint density at radius 2 is 2.17 bits per heavy atom. The van der Waals surface area contributed by atoms with Crippen molar-refractivity contribution in [2.75, 3.05) is 14.1 Å². The summed E-state index contributed by atoms with van der Waals surface area (Å²) in [7, 11) is -7.48. The largest absolute Gasteiger partial charge is 0.497 e. The van der Waals surface area contributed by atoms with E-state index in [-0.39, 0.29) is 27.7 Å². The van der Waals surface area contributed by atoms with E-state index in [1.807, 2.05) is 0 Å². The molecule has 0 saturated carbocycles. The topological polar surface area (TPSA) is 77.1 Å². The number of aromatic nitrogens is 3. The van der Waals surface area contributed by atoms with Gasteiger partial charge in [0, 0.05) is 23.4 Å². The van der Waals surface area contributed by atoms with Crippen molar-refractivity contribution >= 4 is 21.8 Å². The molecule has 0 saturated heterocycles. The molecule has 0 fully saturated rings. The summed E-state index contributed by atoms with van der Waals surface area (Å²) in [5.74, 6) is -0.694. The molecule has 0 aliphatic heterocycles. The monoisotopic (exact) mass is 354 g/mol. The van der Waals surface area contributed by atoms with Gasteiger partial charge in [0.25, 0.3) is 0 Å². The van der Waals surface area contributed by atoms with E-state index in [1.54, 1.807) is 13.8 Å². The van der Waals surface area contributed by atoms with Gasteiger partial charge in [0.1, 0.15) is 11.5 Å². The molecule has 7 heteroatoms. The number of H-pyrrole nitrogens is 1. The number of benzene rings is 1. The first-order valence-corrected chi connectivity index (χ1v) is 8.12. The van der Waals surface area contributed by atoms with Gasteiger partial charge in [-0.2, -0.15) is 0 Å². The predicted octanol–water partition coefficient (Wildman–Crippen LogP) is 2.90. The number of hydrogen-bond donors (Lipinski definition) is 1. The number of aryl methyl sites for hydroxylation is 1. The number of fused-ring (bicyclic) bond motifs is 1. The minimum absolute atomic E-state index is 0.0985. The molecular formula is C17H19N3O3S. The van der Waals surface area contributed by atoms with Crippen molar-refractivity contribution in [2.45, 2.75) is 24.8 Å². The summed E-state index contributed by atoms with van der Waals surface area (Å²) in [6.45, 7) is 3.21. The highest BCUT2D eigenvalue weighted by Gasteiger charge is 2.16. The third kappa shape index (κ3) is 2.99. The summed E-state index contributed by atoms with van der Waals surface area (Å²) in [5, 5.41) is -0.127. The van der Waals surface area contributed by atoms with E-state index in [0.29, 0.717) is 16.8 Å². The van der Waals surface area contributed by atoms with E-state index < -0.39 is 48.8 Å². The van der Waals surface area contributed by atoms with Gasteiger partial charge in [0.05, 0.1) is 59.7 Å². The van der Waals surface area contributed by atoms with Gasteiger partial charge in [-0.3, -0.25) is 9.19 Å². The quantitative estimate of drug-likeness (QED) is 0.762. The molecule has 1 aromatic carbocycles. The van der Waals surface area contributed by atoms with Gasteiger partial charge < -0.3 is 14.5 Å². The van der Waals surface area contributed by atoms with Gasteiger partial charge in [-0.05, 0) is 25.9 Å². The molecule has 0 aliphatic carbocycles. The Bertz CT molecular complexity index is 1250. The van der Waals surface area contributed by atoms with Crippen molar-refractivity contribution in [1.29, 1.82) is 0 Å². The highest BCUT2D eigenvalue weighted by molar-refractivity contribution is 7.84. The smallest absolute Gasteiger partial charge is 0.197 e. The second-order valence-corrected chi connectivity index (χ2v) is 6.37. The van der Waals surface area contributed by atoms with Gasteiger partial charge in [0.2, 0.25) is 0 Å². The number of rotatable bonds is 5. The van der Waals surface area contributed by atoms with Crippen molar-refractivity contribution in [3.63, 3.8) is 0 Å². The predicted molar refractivity (Wildman–Crippen MR) is 93.0 cm³/mol. The number of nitrogens with zero attached hydrogens (tertiary/aromatic N) is 2. The number of pyridine rings is 1. The summed E-state index contributed by atoms with van der Waals surface area (Å²) < 4.78 is 90.5. The number of ether oxygens (including phenoxy) is 2. The van der Waals surface area contributed by atoms with E-state index in [2.05, 4.69) is 15.0 Å². The molecule has 3 rings (SSSR count). The third-order valence-corrected chi connectivity index (χ3v) is 4.61. The van der Waals surface area contributed by atoms with Crippen LogP contribution >= 0.6 is 0 Å². The number of aromatic amines is 1. The summed E-state index contributed by atoms with van der Waals surface area (Å²) in [5.41, 5.74) is 0.942. The molecule has 0 radical (unpaired) electrons. The van der Waals surface area contributed by atoms with E-state index in [9.17, 15) is 4.21 Å². The van der Waals surface area contributed by atoms with Crippen molar-refractivity contribution in [3.8, 4) is 11.5 Å². The molecule has 2 aromatic heterocycles. The number of nitrogens with one attached hydrogen (secondary N) is 1. The van der Waals surface area contributed by atoms with Crippen molar-refractivity contribution in [2.24, 2.45) is 0 Å². The second kappa shape index (κ2) is 6.60. The summed E-state index contributed by atoms with van der Waals surface area (Å²) in [6, 6.07) is -1.62. The Kier molecular flexibility index (Phi) is 2.37. The Balaban J connectivity index is 2.00. The highest BCUT2D eigenvalue weighted by Crippen LogP contribution is 2.26. The molecule has 0 amide bonds. The van der Waals surface area contributed by atoms with Crippen LogP contribution in [-0.2, 0) is 16.6 Å². The number of hydrogen-bond acceptors (Lipinski definition) is 5. The maximum atomic E-state index is 13.0. The zero-order valence-electron chi connectivity index (χ0n) is 21.8. The Hall–Kier alpha value is -2.41. The zero-order valence-corrected chi connectivity index (χ0v) is 13.6. The molecule has 1 unspecified atom stereocenters. The fraction of sp³-hybridized carbons (Fsp3) is 0.294. The normalized spacial score (nSPS) is 18.8. The van der Waals surface area contributed by atoms with Crippen LogP contribution in [-0.4, -0.2) is 33.2 Å². The van der Waals surface area contributed by atoms with Crippen LogP contribution in [0.15, 0.2) is 29.5 Å². The highest BCUT2D eigenvalue weighted by atomic mass is 32.2. The van der Waals surface area contributed by atoms with E-state index in [4.69, 9.17) is 21.8 Å². The molecule has 3 aromatic rings. The minimum Gasteiger partial charge on any atom is -0.497 e. The van der Waals surface area contributed by atoms with Gasteiger partial charge >= 0.3 is 0 Å². The minimum atomic E-state index is -2.93. The lowest BCUT2D eigenvalue weighted by atomic mass is 10.1. The fourth-order valence-corrected chi connectivity index (χ4v) is 3.29. The molecule has 1 atom stereocenters. The van der Waals surface area contributed by atoms with Crippen LogP contribution in [0.5, 0.6) is 11.5 Å². The number of imidazole rings is 1. The first-order valence-electron chi connectivity index (χ1n) is 11.3. The Morgan fingerprint density at radius 3 is 2.96 bits per heavy atom. The van der Waals surface area contributed by atoms with E-state index in [0.717, 1.165) is 0 Å². The lowest BCUT2D eigenvalue weighted by Gasteiger charge is -2.11. The summed E-state index contributed by atoms with van der Waals surface area (Å²) >= 11 is 0. The summed E-state index contributed by atoms with van der Waals surface area (Å²) in [4.78, 5) is 10.9. The van der Waals surface area contributed by atoms with Crippen molar-refractivity contribution in [1.82, 2.24) is 15.0 Å². The third-order valence-electron chi connectivity index (χ3n) is 3.45. The van der Waals surface area contributed by atoms with Crippen LogP contribution < -0.4 is 9.47 Å². The molecular weight excluding hydrogens is 326 g/mol. The lowest BCUT2D eigenvalue weighted by molar-refractivity contribution is 0.407. The molecule has 0 spiro atoms. The standard InChI is InChI=1S/C17H19N3O3S/c1-10-8-18-15(11(2)16(10)23-4)9-24(21)17-19-13-6-5-12(22-3)7-14(13)20-17/h5-8H,9H2,1-4H3,(H,19,20)/i3D3,4D3,5D,6D,7D. The number of methoxy groups -OCH3 is 2. The first kappa shape index (κ1) is 8.62. The van der Waals surface area contributed by atoms with Crippen LogP contribution in [0, 0.1) is 13.8 Å². The average molecular weight is 354 g/mol. The summed E-state index contributed by atoms with van der Waals surface area (Å²) in [6.07, 6.45) is 1.40. The molecule has 2 heterocycles. The molecule has 6 nitrogen and oxygen atoms in total. The van der Waals surface area contributed by atoms with Crippen molar-refractivity contribution in [3.05, 3.63) is 41.1 Å². The molecule has 24 heavy (non-hydrogen) atoms. The maximum absolute atomic E-state index is 13.0. The SMILES string of the molecule is [2H]c1c(OC([2H])([2H])[2H])c([2H])c2[nH]c(S(=O)Cc3ncc(C)c(OC([2H])([2H])[2H])c3C)nc2c1[2H]. The first-order chi connectivity index (χ1) is 15.1. The Labute approximate surface area is 155 Å². The van der Waals surface area contributed by atoms with Crippen LogP contribution in [0.4, 0.5) is 0 Å². The van der Waals surface area contributed by atoms with Crippen LogP contribution in [0.1, 0.15) is 29.2 Å². The maximum Gasteiger partial charge on any atom is 0.197 e. The molecule has 126 valence electrons. The van der Waals surface area contributed by atoms with Gasteiger partial charge in [-0.15, -0.1) is 0 Å². The molecule has 0 aliphatic rings. The van der Waals surface area contributed by atoms with Gasteiger partial charge in [0.15, 0.2) is 5.16 Å². The zero-order chi connectivity index (χ0) is 24.9. The van der Waals surface area contributed by atoms with E-state index >= 15 is 0 Å². The van der Waals surface area contributed by atoms with Crippen molar-refractivity contribution < 1.29 is 26.0 Å². The fourth-order valence-electron chi connectivity index (χ4n) is 2.20. The molecule has 0 bridgehead atoms. The molecule has 1 N–H and O–H groups in total. The average Bonchev–Trinajstić information content (AvgIpc) is 3.13. The van der Waals surface area contributed by atoms with E-state index in [1.165, 1.54) is 6.20 Å². The lowest BCUT2D eigenvalue weighted by Crippen LogP contribution is -2.05. The second-order valence-electron chi connectivity index (χ2n) is 5.01. The Morgan fingerprint density at radius 1 is 1.33 bits per heavy atom. The van der Waals surface area contributed by atoms with Gasteiger partial charge in [-0.1, -0.05) is 0 Å².